The van der Waals surface area contributed by atoms with E-state index in [1.165, 1.54) is 4.90 Å². The van der Waals surface area contributed by atoms with Gasteiger partial charge in [0.2, 0.25) is 5.43 Å². The highest BCUT2D eigenvalue weighted by molar-refractivity contribution is 5.96. The number of hydrogen-bond acceptors (Lipinski definition) is 4. The maximum absolute atomic E-state index is 12.9. The summed E-state index contributed by atoms with van der Waals surface area (Å²) in [5, 5.41) is 12.7. The number of rotatable bonds is 4. The third-order valence-electron chi connectivity index (χ3n) is 5.53. The number of pyridine rings is 1. The number of benzene rings is 2. The van der Waals surface area contributed by atoms with Crippen molar-refractivity contribution in [2.24, 2.45) is 0 Å². The van der Waals surface area contributed by atoms with Gasteiger partial charge in [-0.15, -0.1) is 0 Å². The zero-order valence-corrected chi connectivity index (χ0v) is 17.3. The van der Waals surface area contributed by atoms with Gasteiger partial charge >= 0.3 is 0 Å². The SMILES string of the molecule is CC(C)c1cn2c(c(O)c1=O)C(=O)N(C)CN2C(c1ccccc1)c1ccccc1. The van der Waals surface area contributed by atoms with Crippen molar-refractivity contribution >= 4 is 5.91 Å². The molecule has 0 radical (unpaired) electrons. The first kappa shape index (κ1) is 19.8. The van der Waals surface area contributed by atoms with Crippen molar-refractivity contribution in [3.8, 4) is 5.75 Å². The number of hydrogen-bond donors (Lipinski definition) is 1. The van der Waals surface area contributed by atoms with Crippen LogP contribution in [0.2, 0.25) is 0 Å². The molecule has 2 aromatic carbocycles. The van der Waals surface area contributed by atoms with Gasteiger partial charge in [0, 0.05) is 18.8 Å². The third-order valence-corrected chi connectivity index (χ3v) is 5.53. The fourth-order valence-electron chi connectivity index (χ4n) is 3.96. The minimum atomic E-state index is -0.498. The Morgan fingerprint density at radius 3 is 1.93 bits per heavy atom. The van der Waals surface area contributed by atoms with Gasteiger partial charge < -0.3 is 10.0 Å². The molecule has 6 heteroatoms. The Kier molecular flexibility index (Phi) is 5.08. The maximum Gasteiger partial charge on any atom is 0.277 e. The van der Waals surface area contributed by atoms with Gasteiger partial charge in [0.25, 0.3) is 5.91 Å². The van der Waals surface area contributed by atoms with Crippen LogP contribution in [0.3, 0.4) is 0 Å². The number of carbonyl (C=O) groups excluding carboxylic acids is 1. The molecule has 1 aliphatic heterocycles. The summed E-state index contributed by atoms with van der Waals surface area (Å²) in [6.07, 6.45) is 1.70. The van der Waals surface area contributed by atoms with Gasteiger partial charge in [-0.3, -0.25) is 19.3 Å². The zero-order valence-electron chi connectivity index (χ0n) is 17.3. The predicted octanol–water partition coefficient (Wildman–Crippen LogP) is 3.45. The summed E-state index contributed by atoms with van der Waals surface area (Å²) < 4.78 is 1.67. The van der Waals surface area contributed by atoms with Crippen LogP contribution >= 0.6 is 0 Å². The van der Waals surface area contributed by atoms with E-state index in [4.69, 9.17) is 0 Å². The Morgan fingerprint density at radius 2 is 1.43 bits per heavy atom. The number of carbonyl (C=O) groups is 1. The standard InChI is InChI=1S/C24H25N3O3/c1-16(2)19-14-26-21(23(29)22(19)28)24(30)25(3)15-27(26)20(17-10-6-4-7-11-17)18-12-8-5-9-13-18/h4-14,16,20,29H,15H2,1-3H3. The Hall–Kier alpha value is -3.54. The Morgan fingerprint density at radius 1 is 0.900 bits per heavy atom. The molecule has 1 amide bonds. The molecule has 0 spiro atoms. The molecule has 0 aliphatic carbocycles. The first-order chi connectivity index (χ1) is 14.4. The summed E-state index contributed by atoms with van der Waals surface area (Å²) >= 11 is 0. The van der Waals surface area contributed by atoms with Crippen LogP contribution in [0.25, 0.3) is 0 Å². The van der Waals surface area contributed by atoms with Crippen LogP contribution in [0.1, 0.15) is 53.0 Å². The second kappa shape index (κ2) is 7.71. The predicted molar refractivity (Wildman–Crippen MR) is 116 cm³/mol. The van der Waals surface area contributed by atoms with E-state index >= 15 is 0 Å². The number of aromatic nitrogens is 1. The number of nitrogens with zero attached hydrogens (tertiary/aromatic N) is 3. The van der Waals surface area contributed by atoms with E-state index in [2.05, 4.69) is 0 Å². The van der Waals surface area contributed by atoms with Crippen molar-refractivity contribution in [2.75, 3.05) is 18.7 Å². The average molecular weight is 403 g/mol. The van der Waals surface area contributed by atoms with Gasteiger partial charge in [0.15, 0.2) is 11.4 Å². The molecule has 2 heterocycles. The van der Waals surface area contributed by atoms with Gasteiger partial charge in [-0.05, 0) is 17.0 Å². The lowest BCUT2D eigenvalue weighted by Crippen LogP contribution is -2.54. The van der Waals surface area contributed by atoms with Crippen molar-refractivity contribution in [2.45, 2.75) is 25.8 Å². The summed E-state index contributed by atoms with van der Waals surface area (Å²) in [6, 6.07) is 19.8. The van der Waals surface area contributed by atoms with Crippen molar-refractivity contribution in [3.63, 3.8) is 0 Å². The summed E-state index contributed by atoms with van der Waals surface area (Å²) in [5.74, 6) is -0.969. The van der Waals surface area contributed by atoms with Gasteiger partial charge in [0.1, 0.15) is 6.67 Å². The fourth-order valence-corrected chi connectivity index (χ4v) is 3.96. The van der Waals surface area contributed by atoms with Crippen LogP contribution in [0, 0.1) is 0 Å². The van der Waals surface area contributed by atoms with E-state index in [1.807, 2.05) is 79.5 Å². The molecule has 30 heavy (non-hydrogen) atoms. The molecule has 6 nitrogen and oxygen atoms in total. The monoisotopic (exact) mass is 403 g/mol. The van der Waals surface area contributed by atoms with E-state index in [1.54, 1.807) is 17.9 Å². The first-order valence-electron chi connectivity index (χ1n) is 10.0. The molecule has 3 aromatic rings. The lowest BCUT2D eigenvalue weighted by Gasteiger charge is -2.43. The molecule has 1 aromatic heterocycles. The first-order valence-corrected chi connectivity index (χ1v) is 10.0. The zero-order chi connectivity index (χ0) is 21.4. The normalized spacial score (nSPS) is 13.8. The molecule has 1 N–H and O–H groups in total. The van der Waals surface area contributed by atoms with E-state index in [0.717, 1.165) is 11.1 Å². The van der Waals surface area contributed by atoms with Gasteiger partial charge in [-0.1, -0.05) is 74.5 Å². The largest absolute Gasteiger partial charge is 0.502 e. The minimum Gasteiger partial charge on any atom is -0.502 e. The Bertz CT molecular complexity index is 1080. The quantitative estimate of drug-likeness (QED) is 0.725. The average Bonchev–Trinajstić information content (AvgIpc) is 2.75. The van der Waals surface area contributed by atoms with Crippen LogP contribution in [-0.4, -0.2) is 34.3 Å². The van der Waals surface area contributed by atoms with Crippen LogP contribution in [-0.2, 0) is 0 Å². The molecule has 0 saturated heterocycles. The summed E-state index contributed by atoms with van der Waals surface area (Å²) in [5.41, 5.74) is 2.06. The number of aromatic hydroxyl groups is 1. The highest BCUT2D eigenvalue weighted by atomic mass is 16.3. The second-order valence-electron chi connectivity index (χ2n) is 7.92. The minimum absolute atomic E-state index is 0.00462. The van der Waals surface area contributed by atoms with E-state index in [0.29, 0.717) is 12.2 Å². The topological polar surface area (TPSA) is 65.8 Å². The lowest BCUT2D eigenvalue weighted by molar-refractivity contribution is 0.0726. The van der Waals surface area contributed by atoms with Crippen LogP contribution < -0.4 is 10.4 Å². The maximum atomic E-state index is 12.9. The summed E-state index contributed by atoms with van der Waals surface area (Å²) in [6.45, 7) is 4.10. The third kappa shape index (κ3) is 3.24. The van der Waals surface area contributed by atoms with Crippen molar-refractivity contribution in [3.05, 3.63) is 99.5 Å². The molecular weight excluding hydrogens is 378 g/mol. The molecule has 4 rings (SSSR count). The Balaban J connectivity index is 1.99. The van der Waals surface area contributed by atoms with Crippen molar-refractivity contribution in [1.82, 2.24) is 9.58 Å². The van der Waals surface area contributed by atoms with E-state index in [9.17, 15) is 14.7 Å². The highest BCUT2D eigenvalue weighted by Gasteiger charge is 2.36. The molecule has 0 saturated carbocycles. The van der Waals surface area contributed by atoms with Crippen LogP contribution in [0.15, 0.2) is 71.7 Å². The molecular formula is C24H25N3O3. The smallest absolute Gasteiger partial charge is 0.277 e. The fraction of sp³-hybridized carbons (Fsp3) is 0.250. The lowest BCUT2D eigenvalue weighted by atomic mass is 9.97. The molecule has 0 fully saturated rings. The Labute approximate surface area is 175 Å². The molecule has 0 unspecified atom stereocenters. The van der Waals surface area contributed by atoms with E-state index in [-0.39, 0.29) is 23.6 Å². The van der Waals surface area contributed by atoms with Gasteiger partial charge in [0.05, 0.1) is 6.04 Å². The molecule has 0 bridgehead atoms. The van der Waals surface area contributed by atoms with Crippen molar-refractivity contribution < 1.29 is 9.90 Å². The summed E-state index contributed by atoms with van der Waals surface area (Å²) in [4.78, 5) is 27.1. The van der Waals surface area contributed by atoms with E-state index < -0.39 is 11.2 Å². The van der Waals surface area contributed by atoms with Crippen LogP contribution in [0.4, 0.5) is 0 Å². The van der Waals surface area contributed by atoms with Crippen LogP contribution in [0.5, 0.6) is 5.75 Å². The number of fused-ring (bicyclic) bond motifs is 1. The molecule has 0 atom stereocenters. The highest BCUT2D eigenvalue weighted by Crippen LogP contribution is 2.32. The second-order valence-corrected chi connectivity index (χ2v) is 7.92. The van der Waals surface area contributed by atoms with Gasteiger partial charge in [-0.25, -0.2) is 0 Å². The van der Waals surface area contributed by atoms with Crippen molar-refractivity contribution in [1.29, 1.82) is 0 Å². The molecule has 1 aliphatic rings. The van der Waals surface area contributed by atoms with Gasteiger partial charge in [-0.2, -0.15) is 0 Å². The molecule has 154 valence electrons. The number of amides is 1. The summed E-state index contributed by atoms with van der Waals surface area (Å²) in [7, 11) is 1.67.